The summed E-state index contributed by atoms with van der Waals surface area (Å²) in [4.78, 5) is 24.9. The monoisotopic (exact) mass is 407 g/mol. The number of hydrogen-bond acceptors (Lipinski definition) is 4. The maximum absolute atomic E-state index is 12.7. The van der Waals surface area contributed by atoms with E-state index in [1.165, 1.54) is 4.68 Å². The van der Waals surface area contributed by atoms with Gasteiger partial charge in [-0.25, -0.2) is 4.68 Å². The number of aliphatic hydroxyl groups is 1. The van der Waals surface area contributed by atoms with Crippen LogP contribution in [0.15, 0.2) is 27.5 Å². The molecule has 1 aromatic carbocycles. The Morgan fingerprint density at radius 1 is 1.44 bits per heavy atom. The van der Waals surface area contributed by atoms with Crippen LogP contribution >= 0.6 is 15.9 Å². The average molecular weight is 408 g/mol. The summed E-state index contributed by atoms with van der Waals surface area (Å²) >= 11 is 3.43. The smallest absolute Gasteiger partial charge is 0.275 e. The van der Waals surface area contributed by atoms with Crippen LogP contribution in [0.2, 0.25) is 0 Å². The highest BCUT2D eigenvalue weighted by Crippen LogP contribution is 2.31. The molecule has 25 heavy (non-hydrogen) atoms. The molecule has 0 unspecified atom stereocenters. The zero-order chi connectivity index (χ0) is 18.4. The molecule has 0 spiro atoms. The molecule has 1 fully saturated rings. The molecule has 1 saturated carbocycles. The van der Waals surface area contributed by atoms with Gasteiger partial charge in [-0.3, -0.25) is 9.59 Å². The van der Waals surface area contributed by atoms with Gasteiger partial charge in [-0.1, -0.05) is 29.8 Å². The molecule has 0 aliphatic heterocycles. The SMILES string of the molecule is CC(C)c1nn(CC(=O)N[C@H]2C[C@](C)(O)C2)c(=O)c2ccc(Br)cc12. The lowest BCUT2D eigenvalue weighted by Gasteiger charge is -2.41. The number of fused-ring (bicyclic) bond motifs is 1. The molecule has 0 atom stereocenters. The first-order chi connectivity index (χ1) is 11.7. The molecule has 134 valence electrons. The summed E-state index contributed by atoms with van der Waals surface area (Å²) in [5, 5.41) is 18.4. The Balaban J connectivity index is 1.89. The van der Waals surface area contributed by atoms with Crippen molar-refractivity contribution in [2.24, 2.45) is 0 Å². The van der Waals surface area contributed by atoms with Crippen molar-refractivity contribution in [2.75, 3.05) is 0 Å². The molecule has 7 heteroatoms. The Hall–Kier alpha value is -1.73. The fraction of sp³-hybridized carbons (Fsp3) is 0.500. The standard InChI is InChI=1S/C18H22BrN3O3/c1-10(2)16-14-6-11(19)4-5-13(14)17(24)22(21-16)9-15(23)20-12-7-18(3,25)8-12/h4-6,10,12,25H,7-9H2,1-3H3,(H,20,23)/t12-,18-. The van der Waals surface area contributed by atoms with E-state index in [1.54, 1.807) is 13.0 Å². The minimum absolute atomic E-state index is 0.0424. The summed E-state index contributed by atoms with van der Waals surface area (Å²) in [7, 11) is 0. The fourth-order valence-electron chi connectivity index (χ4n) is 3.33. The van der Waals surface area contributed by atoms with Crippen LogP contribution < -0.4 is 10.9 Å². The largest absolute Gasteiger partial charge is 0.390 e. The van der Waals surface area contributed by atoms with Gasteiger partial charge in [0.25, 0.3) is 5.56 Å². The molecule has 1 amide bonds. The van der Waals surface area contributed by atoms with Crippen LogP contribution in [0.25, 0.3) is 10.8 Å². The Bertz CT molecular complexity index is 881. The number of nitrogens with one attached hydrogen (secondary N) is 1. The second kappa shape index (κ2) is 6.53. The normalized spacial score (nSPS) is 22.9. The van der Waals surface area contributed by atoms with E-state index < -0.39 is 5.60 Å². The summed E-state index contributed by atoms with van der Waals surface area (Å²) < 4.78 is 2.12. The van der Waals surface area contributed by atoms with Gasteiger partial charge in [-0.2, -0.15) is 5.10 Å². The molecule has 0 radical (unpaired) electrons. The zero-order valence-electron chi connectivity index (χ0n) is 14.5. The van der Waals surface area contributed by atoms with Crippen LogP contribution in [0.4, 0.5) is 0 Å². The lowest BCUT2D eigenvalue weighted by atomic mass is 9.77. The second-order valence-electron chi connectivity index (χ2n) is 7.36. The number of rotatable bonds is 4. The summed E-state index contributed by atoms with van der Waals surface area (Å²) in [6.45, 7) is 5.64. The summed E-state index contributed by atoms with van der Waals surface area (Å²) in [5.41, 5.74) is -0.188. The fourth-order valence-corrected chi connectivity index (χ4v) is 3.69. The molecule has 1 aliphatic rings. The van der Waals surface area contributed by atoms with Gasteiger partial charge in [-0.05, 0) is 43.9 Å². The molecule has 0 bridgehead atoms. The summed E-state index contributed by atoms with van der Waals surface area (Å²) in [6, 6.07) is 5.42. The molecule has 0 saturated heterocycles. The maximum Gasteiger partial charge on any atom is 0.275 e. The first kappa shape index (κ1) is 18.1. The Morgan fingerprint density at radius 2 is 2.12 bits per heavy atom. The van der Waals surface area contributed by atoms with E-state index in [1.807, 2.05) is 26.0 Å². The van der Waals surface area contributed by atoms with E-state index >= 15 is 0 Å². The van der Waals surface area contributed by atoms with Crippen LogP contribution in [-0.4, -0.2) is 32.4 Å². The predicted molar refractivity (Wildman–Crippen MR) is 99.6 cm³/mol. The van der Waals surface area contributed by atoms with E-state index in [0.29, 0.717) is 18.2 Å². The Labute approximate surface area is 154 Å². The third-order valence-electron chi connectivity index (χ3n) is 4.53. The highest BCUT2D eigenvalue weighted by atomic mass is 79.9. The van der Waals surface area contributed by atoms with Crippen LogP contribution in [0.3, 0.4) is 0 Å². The number of hydrogen-bond donors (Lipinski definition) is 2. The Morgan fingerprint density at radius 3 is 2.72 bits per heavy atom. The quantitative estimate of drug-likeness (QED) is 0.814. The van der Waals surface area contributed by atoms with Crippen molar-refractivity contribution < 1.29 is 9.90 Å². The number of amides is 1. The third kappa shape index (κ3) is 3.77. The highest BCUT2D eigenvalue weighted by molar-refractivity contribution is 9.10. The highest BCUT2D eigenvalue weighted by Gasteiger charge is 2.39. The first-order valence-corrected chi connectivity index (χ1v) is 9.17. The van der Waals surface area contributed by atoms with Gasteiger partial charge in [0, 0.05) is 15.9 Å². The van der Waals surface area contributed by atoms with Crippen LogP contribution in [0, 0.1) is 0 Å². The molecule has 1 aliphatic carbocycles. The van der Waals surface area contributed by atoms with Crippen molar-refractivity contribution in [2.45, 2.75) is 57.7 Å². The predicted octanol–water partition coefficient (Wildman–Crippen LogP) is 2.31. The first-order valence-electron chi connectivity index (χ1n) is 8.38. The number of halogens is 1. The number of nitrogens with zero attached hydrogens (tertiary/aromatic N) is 2. The van der Waals surface area contributed by atoms with E-state index in [4.69, 9.17) is 0 Å². The minimum Gasteiger partial charge on any atom is -0.390 e. The van der Waals surface area contributed by atoms with Crippen LogP contribution in [0.1, 0.15) is 45.2 Å². The number of carbonyl (C=O) groups is 1. The second-order valence-corrected chi connectivity index (χ2v) is 8.28. The molecule has 1 heterocycles. The molecule has 6 nitrogen and oxygen atoms in total. The lowest BCUT2D eigenvalue weighted by molar-refractivity contribution is -0.125. The van der Waals surface area contributed by atoms with E-state index in [0.717, 1.165) is 15.6 Å². The zero-order valence-corrected chi connectivity index (χ0v) is 16.1. The van der Waals surface area contributed by atoms with Gasteiger partial charge >= 0.3 is 0 Å². The molecule has 2 aromatic rings. The van der Waals surface area contributed by atoms with Gasteiger partial charge in [0.2, 0.25) is 5.91 Å². The van der Waals surface area contributed by atoms with Crippen molar-refractivity contribution >= 4 is 32.6 Å². The lowest BCUT2D eigenvalue weighted by Crippen LogP contribution is -2.54. The van der Waals surface area contributed by atoms with Gasteiger partial charge < -0.3 is 10.4 Å². The third-order valence-corrected chi connectivity index (χ3v) is 5.02. The average Bonchev–Trinajstić information content (AvgIpc) is 2.47. The van der Waals surface area contributed by atoms with Gasteiger partial charge in [0.15, 0.2) is 0 Å². The van der Waals surface area contributed by atoms with E-state index in [2.05, 4.69) is 26.3 Å². The van der Waals surface area contributed by atoms with Gasteiger partial charge in [0.05, 0.1) is 16.7 Å². The van der Waals surface area contributed by atoms with Gasteiger partial charge in [-0.15, -0.1) is 0 Å². The van der Waals surface area contributed by atoms with Crippen molar-refractivity contribution in [3.63, 3.8) is 0 Å². The van der Waals surface area contributed by atoms with Crippen LogP contribution in [-0.2, 0) is 11.3 Å². The van der Waals surface area contributed by atoms with Crippen molar-refractivity contribution in [3.05, 3.63) is 38.7 Å². The summed E-state index contributed by atoms with van der Waals surface area (Å²) in [6.07, 6.45) is 1.06. The Kier molecular flexibility index (Phi) is 4.72. The maximum atomic E-state index is 12.7. The molecule has 3 rings (SSSR count). The number of benzene rings is 1. The molecular formula is C18H22BrN3O3. The van der Waals surface area contributed by atoms with E-state index in [9.17, 15) is 14.7 Å². The van der Waals surface area contributed by atoms with Crippen molar-refractivity contribution in [1.29, 1.82) is 0 Å². The molecular weight excluding hydrogens is 386 g/mol. The van der Waals surface area contributed by atoms with Crippen molar-refractivity contribution in [1.82, 2.24) is 15.1 Å². The van der Waals surface area contributed by atoms with Gasteiger partial charge in [0.1, 0.15) is 6.54 Å². The summed E-state index contributed by atoms with van der Waals surface area (Å²) in [5.74, 6) is -0.144. The number of aromatic nitrogens is 2. The van der Waals surface area contributed by atoms with E-state index in [-0.39, 0.29) is 30.0 Å². The topological polar surface area (TPSA) is 84.2 Å². The van der Waals surface area contributed by atoms with Crippen molar-refractivity contribution in [3.8, 4) is 0 Å². The molecule has 1 aromatic heterocycles. The number of carbonyl (C=O) groups excluding carboxylic acids is 1. The minimum atomic E-state index is -0.700. The van der Waals surface area contributed by atoms with Crippen LogP contribution in [0.5, 0.6) is 0 Å². The molecule has 2 N–H and O–H groups in total.